The molecule has 0 saturated heterocycles. The SMILES string of the molecule is CC(C)(C)c1ncc2nccc(C(C)(C)C)c2n1. The smallest absolute Gasteiger partial charge is 0.134 e. The average Bonchev–Trinajstić information content (AvgIpc) is 2.25. The van der Waals surface area contributed by atoms with Crippen LogP contribution in [0.1, 0.15) is 52.9 Å². The van der Waals surface area contributed by atoms with Gasteiger partial charge in [0.25, 0.3) is 0 Å². The van der Waals surface area contributed by atoms with E-state index in [1.807, 2.05) is 12.4 Å². The van der Waals surface area contributed by atoms with Gasteiger partial charge >= 0.3 is 0 Å². The van der Waals surface area contributed by atoms with Gasteiger partial charge in [-0.05, 0) is 17.0 Å². The molecular formula is C15H21N3. The molecule has 0 unspecified atom stereocenters. The largest absolute Gasteiger partial charge is 0.253 e. The molecule has 3 nitrogen and oxygen atoms in total. The second kappa shape index (κ2) is 4.01. The van der Waals surface area contributed by atoms with E-state index in [1.165, 1.54) is 5.56 Å². The zero-order valence-electron chi connectivity index (χ0n) is 12.1. The molecule has 0 radical (unpaired) electrons. The summed E-state index contributed by atoms with van der Waals surface area (Å²) in [6.45, 7) is 13.0. The molecule has 0 bridgehead atoms. The summed E-state index contributed by atoms with van der Waals surface area (Å²) in [5.74, 6) is 0.869. The summed E-state index contributed by atoms with van der Waals surface area (Å²) in [4.78, 5) is 13.5. The minimum atomic E-state index is -0.0425. The van der Waals surface area contributed by atoms with E-state index < -0.39 is 0 Å². The van der Waals surface area contributed by atoms with Crippen LogP contribution in [0.3, 0.4) is 0 Å². The standard InChI is InChI=1S/C15H21N3/c1-14(2,3)10-7-8-16-11-9-17-13(15(4,5)6)18-12(10)11/h7-9H,1-6H3. The van der Waals surface area contributed by atoms with Crippen molar-refractivity contribution < 1.29 is 0 Å². The molecule has 0 aliphatic rings. The van der Waals surface area contributed by atoms with Crippen LogP contribution in [0.4, 0.5) is 0 Å². The highest BCUT2D eigenvalue weighted by atomic mass is 14.9. The van der Waals surface area contributed by atoms with Crippen molar-refractivity contribution >= 4 is 11.0 Å². The average molecular weight is 243 g/mol. The summed E-state index contributed by atoms with van der Waals surface area (Å²) in [6.07, 6.45) is 3.67. The Hall–Kier alpha value is -1.51. The molecule has 0 fully saturated rings. The van der Waals surface area contributed by atoms with Crippen LogP contribution in [0.5, 0.6) is 0 Å². The van der Waals surface area contributed by atoms with E-state index in [0.717, 1.165) is 16.9 Å². The van der Waals surface area contributed by atoms with Crippen LogP contribution >= 0.6 is 0 Å². The van der Waals surface area contributed by atoms with Crippen molar-refractivity contribution in [1.29, 1.82) is 0 Å². The van der Waals surface area contributed by atoms with E-state index in [9.17, 15) is 0 Å². The van der Waals surface area contributed by atoms with E-state index in [4.69, 9.17) is 4.98 Å². The van der Waals surface area contributed by atoms with Crippen LogP contribution in [0.25, 0.3) is 11.0 Å². The number of hydrogen-bond acceptors (Lipinski definition) is 3. The predicted octanol–water partition coefficient (Wildman–Crippen LogP) is 3.62. The molecule has 3 heteroatoms. The molecule has 0 aliphatic heterocycles. The Morgan fingerprint density at radius 3 is 2.11 bits per heavy atom. The molecule has 0 aromatic carbocycles. The maximum atomic E-state index is 4.74. The normalized spacial score (nSPS) is 13.0. The van der Waals surface area contributed by atoms with Gasteiger partial charge in [0, 0.05) is 11.6 Å². The van der Waals surface area contributed by atoms with E-state index >= 15 is 0 Å². The summed E-state index contributed by atoms with van der Waals surface area (Å²) >= 11 is 0. The van der Waals surface area contributed by atoms with E-state index in [-0.39, 0.29) is 10.8 Å². The van der Waals surface area contributed by atoms with Crippen molar-refractivity contribution in [3.05, 3.63) is 29.8 Å². The van der Waals surface area contributed by atoms with Gasteiger partial charge < -0.3 is 0 Å². The first kappa shape index (κ1) is 12.9. The van der Waals surface area contributed by atoms with Crippen LogP contribution < -0.4 is 0 Å². The lowest BCUT2D eigenvalue weighted by Crippen LogP contribution is -2.18. The number of pyridine rings is 1. The Labute approximate surface area is 109 Å². The monoisotopic (exact) mass is 243 g/mol. The van der Waals surface area contributed by atoms with E-state index in [2.05, 4.69) is 57.6 Å². The highest BCUT2D eigenvalue weighted by molar-refractivity contribution is 5.77. The van der Waals surface area contributed by atoms with Crippen LogP contribution in [0.2, 0.25) is 0 Å². The Morgan fingerprint density at radius 2 is 1.56 bits per heavy atom. The van der Waals surface area contributed by atoms with E-state index in [1.54, 1.807) is 0 Å². The molecule has 2 aromatic rings. The molecule has 0 N–H and O–H groups in total. The summed E-state index contributed by atoms with van der Waals surface area (Å²) in [7, 11) is 0. The third-order valence-corrected chi connectivity index (χ3v) is 2.96. The van der Waals surface area contributed by atoms with Crippen molar-refractivity contribution in [2.24, 2.45) is 0 Å². The Bertz CT molecular complexity index is 574. The maximum Gasteiger partial charge on any atom is 0.134 e. The highest BCUT2D eigenvalue weighted by Crippen LogP contribution is 2.28. The predicted molar refractivity (Wildman–Crippen MR) is 74.7 cm³/mol. The lowest BCUT2D eigenvalue weighted by Gasteiger charge is -2.22. The van der Waals surface area contributed by atoms with Gasteiger partial charge in [-0.2, -0.15) is 0 Å². The summed E-state index contributed by atoms with van der Waals surface area (Å²) in [6, 6.07) is 2.06. The van der Waals surface area contributed by atoms with Crippen molar-refractivity contribution in [3.63, 3.8) is 0 Å². The van der Waals surface area contributed by atoms with Crippen LogP contribution in [0.15, 0.2) is 18.5 Å². The fourth-order valence-corrected chi connectivity index (χ4v) is 1.91. The molecule has 2 heterocycles. The number of hydrogen-bond donors (Lipinski definition) is 0. The third-order valence-electron chi connectivity index (χ3n) is 2.96. The molecule has 0 spiro atoms. The molecule has 0 atom stereocenters. The minimum absolute atomic E-state index is 0.0425. The first-order valence-electron chi connectivity index (χ1n) is 6.32. The van der Waals surface area contributed by atoms with Gasteiger partial charge in [-0.1, -0.05) is 41.5 Å². The summed E-state index contributed by atoms with van der Waals surface area (Å²) < 4.78 is 0. The van der Waals surface area contributed by atoms with Gasteiger partial charge in [-0.15, -0.1) is 0 Å². The first-order valence-corrected chi connectivity index (χ1v) is 6.32. The zero-order chi connectivity index (χ0) is 13.6. The number of nitrogens with zero attached hydrogens (tertiary/aromatic N) is 3. The molecule has 0 aliphatic carbocycles. The summed E-state index contributed by atoms with van der Waals surface area (Å²) in [5.41, 5.74) is 3.09. The van der Waals surface area contributed by atoms with Gasteiger partial charge in [0.2, 0.25) is 0 Å². The first-order chi connectivity index (χ1) is 8.19. The fourth-order valence-electron chi connectivity index (χ4n) is 1.91. The molecule has 2 rings (SSSR count). The van der Waals surface area contributed by atoms with Gasteiger partial charge in [0.05, 0.1) is 11.7 Å². The van der Waals surface area contributed by atoms with Gasteiger partial charge in [0.1, 0.15) is 11.3 Å². The molecular weight excluding hydrogens is 222 g/mol. The maximum absolute atomic E-state index is 4.74. The van der Waals surface area contributed by atoms with Crippen molar-refractivity contribution in [2.75, 3.05) is 0 Å². The lowest BCUT2D eigenvalue weighted by molar-refractivity contribution is 0.545. The fraction of sp³-hybridized carbons (Fsp3) is 0.533. The highest BCUT2D eigenvalue weighted by Gasteiger charge is 2.22. The topological polar surface area (TPSA) is 38.7 Å². The van der Waals surface area contributed by atoms with Gasteiger partial charge in [0.15, 0.2) is 0 Å². The lowest BCUT2D eigenvalue weighted by atomic mass is 9.86. The molecule has 0 saturated carbocycles. The second-order valence-electron chi connectivity index (χ2n) is 6.79. The Morgan fingerprint density at radius 1 is 0.889 bits per heavy atom. The van der Waals surface area contributed by atoms with Crippen LogP contribution in [-0.2, 0) is 10.8 Å². The van der Waals surface area contributed by atoms with Gasteiger partial charge in [-0.25, -0.2) is 9.97 Å². The molecule has 18 heavy (non-hydrogen) atoms. The second-order valence-corrected chi connectivity index (χ2v) is 6.79. The number of fused-ring (bicyclic) bond motifs is 1. The van der Waals surface area contributed by atoms with Gasteiger partial charge in [-0.3, -0.25) is 4.98 Å². The third kappa shape index (κ3) is 2.35. The van der Waals surface area contributed by atoms with Crippen molar-refractivity contribution in [2.45, 2.75) is 52.4 Å². The van der Waals surface area contributed by atoms with Crippen LogP contribution in [0, 0.1) is 0 Å². The zero-order valence-corrected chi connectivity index (χ0v) is 12.1. The van der Waals surface area contributed by atoms with Crippen molar-refractivity contribution in [3.8, 4) is 0 Å². The minimum Gasteiger partial charge on any atom is -0.253 e. The van der Waals surface area contributed by atoms with Crippen LogP contribution in [-0.4, -0.2) is 15.0 Å². The Balaban J connectivity index is 2.74. The summed E-state index contributed by atoms with van der Waals surface area (Å²) in [5, 5.41) is 0. The molecule has 0 amide bonds. The van der Waals surface area contributed by atoms with E-state index in [0.29, 0.717) is 0 Å². The quantitative estimate of drug-likeness (QED) is 0.709. The molecule has 96 valence electrons. The van der Waals surface area contributed by atoms with Crippen molar-refractivity contribution in [1.82, 2.24) is 15.0 Å². The number of rotatable bonds is 0. The number of aromatic nitrogens is 3. The molecule has 2 aromatic heterocycles. The Kier molecular flexibility index (Phi) is 2.88.